The number of para-hydroxylation sites is 1. The summed E-state index contributed by atoms with van der Waals surface area (Å²) in [5.74, 6) is 0.954. The molecule has 5 nitrogen and oxygen atoms in total. The molecule has 0 unspecified atom stereocenters. The quantitative estimate of drug-likeness (QED) is 0.404. The number of nitrogens with zero attached hydrogens (tertiary/aromatic N) is 5. The van der Waals surface area contributed by atoms with Gasteiger partial charge in [-0.3, -0.25) is 4.98 Å². The van der Waals surface area contributed by atoms with Gasteiger partial charge in [-0.2, -0.15) is 29.4 Å². The van der Waals surface area contributed by atoms with Crippen molar-refractivity contribution >= 4 is 0 Å². The molecule has 0 atom stereocenters. The van der Waals surface area contributed by atoms with Crippen LogP contribution >= 0.6 is 0 Å². The van der Waals surface area contributed by atoms with Gasteiger partial charge >= 0.3 is 0 Å². The molecule has 4 aromatic rings. The minimum atomic E-state index is 0. The van der Waals surface area contributed by atoms with E-state index in [2.05, 4.69) is 27.2 Å². The van der Waals surface area contributed by atoms with Crippen LogP contribution in [-0.4, -0.2) is 24.3 Å². The molecule has 1 radical (unpaired) electrons. The van der Waals surface area contributed by atoms with Gasteiger partial charge in [-0.05, 0) is 5.69 Å². The molecule has 0 spiro atoms. The predicted octanol–water partition coefficient (Wildman–Crippen LogP) is 2.95. The van der Waals surface area contributed by atoms with Gasteiger partial charge in [-0.1, -0.05) is 0 Å². The standard InChI is InChI=1S/C10H9N2.C8H6N3.Ir/c1-12-8-7-11-10(12)9-5-3-2-4-6-9;1-2-4-8(5-3-1)11-7-9-6-10-11;/h2-5,7-8H,1H3;1-4,6-7H;/q2*-1;. The summed E-state index contributed by atoms with van der Waals surface area (Å²) >= 11 is 0. The molecule has 123 valence electrons. The number of imidazole rings is 1. The third kappa shape index (κ3) is 4.47. The van der Waals surface area contributed by atoms with E-state index < -0.39 is 0 Å². The van der Waals surface area contributed by atoms with Gasteiger partial charge in [0, 0.05) is 39.5 Å². The van der Waals surface area contributed by atoms with Gasteiger partial charge in [0.1, 0.15) is 12.7 Å². The zero-order valence-electron chi connectivity index (χ0n) is 13.0. The third-order valence-corrected chi connectivity index (χ3v) is 3.13. The van der Waals surface area contributed by atoms with Crippen LogP contribution in [0, 0.1) is 12.1 Å². The van der Waals surface area contributed by atoms with Crippen molar-refractivity contribution in [3.63, 3.8) is 0 Å². The number of rotatable bonds is 2. The van der Waals surface area contributed by atoms with Crippen molar-refractivity contribution in [3.8, 4) is 17.1 Å². The maximum atomic E-state index is 4.22. The van der Waals surface area contributed by atoms with Crippen LogP contribution in [0.1, 0.15) is 0 Å². The van der Waals surface area contributed by atoms with Crippen LogP contribution < -0.4 is 0 Å². The zero-order chi connectivity index (χ0) is 15.9. The molecule has 0 aliphatic carbocycles. The molecule has 6 heteroatoms. The van der Waals surface area contributed by atoms with E-state index >= 15 is 0 Å². The second kappa shape index (κ2) is 8.91. The summed E-state index contributed by atoms with van der Waals surface area (Å²) in [6.07, 6.45) is 6.86. The van der Waals surface area contributed by atoms with Gasteiger partial charge in [0.15, 0.2) is 0 Å². The molecule has 0 aliphatic rings. The van der Waals surface area contributed by atoms with E-state index in [-0.39, 0.29) is 20.1 Å². The minimum absolute atomic E-state index is 0. The van der Waals surface area contributed by atoms with E-state index in [1.807, 2.05) is 66.3 Å². The minimum Gasteiger partial charge on any atom is -0.373 e. The Morgan fingerprint density at radius 1 is 1.00 bits per heavy atom. The number of benzene rings is 2. The smallest absolute Gasteiger partial charge is 0.138 e. The Morgan fingerprint density at radius 2 is 1.79 bits per heavy atom. The molecular formula is C18H15IrN5-2. The van der Waals surface area contributed by atoms with Gasteiger partial charge in [0.25, 0.3) is 0 Å². The van der Waals surface area contributed by atoms with E-state index in [1.54, 1.807) is 17.2 Å². The Balaban J connectivity index is 0.000000167. The molecule has 24 heavy (non-hydrogen) atoms. The SMILES string of the molecule is Cn1ccnc1-c1[c-]cccc1.[Ir].[c-]1ccccc1-n1cncn1. The molecule has 2 aromatic carbocycles. The second-order valence-electron chi connectivity index (χ2n) is 4.73. The van der Waals surface area contributed by atoms with E-state index in [0.717, 1.165) is 17.1 Å². The van der Waals surface area contributed by atoms with Crippen LogP contribution in [0.3, 0.4) is 0 Å². The fourth-order valence-corrected chi connectivity index (χ4v) is 2.02. The maximum Gasteiger partial charge on any atom is 0.138 e. The third-order valence-electron chi connectivity index (χ3n) is 3.13. The number of hydrogen-bond acceptors (Lipinski definition) is 3. The molecule has 4 rings (SSSR count). The molecule has 2 aromatic heterocycles. The topological polar surface area (TPSA) is 48.5 Å². The van der Waals surface area contributed by atoms with Crippen molar-refractivity contribution in [2.75, 3.05) is 0 Å². The molecule has 0 aliphatic heterocycles. The molecule has 0 saturated carbocycles. The summed E-state index contributed by atoms with van der Waals surface area (Å²) in [6, 6.07) is 21.6. The first-order chi connectivity index (χ1) is 11.3. The summed E-state index contributed by atoms with van der Waals surface area (Å²) in [4.78, 5) is 8.05. The number of hydrogen-bond donors (Lipinski definition) is 0. The van der Waals surface area contributed by atoms with Crippen LogP contribution in [0.2, 0.25) is 0 Å². The number of aryl methyl sites for hydroxylation is 1. The molecule has 2 heterocycles. The molecule has 0 saturated heterocycles. The van der Waals surface area contributed by atoms with Crippen molar-refractivity contribution in [2.24, 2.45) is 7.05 Å². The summed E-state index contributed by atoms with van der Waals surface area (Å²) in [7, 11) is 1.98. The van der Waals surface area contributed by atoms with Gasteiger partial charge in [0.05, 0.1) is 5.82 Å². The van der Waals surface area contributed by atoms with Crippen LogP contribution in [0.15, 0.2) is 73.6 Å². The first kappa shape index (κ1) is 17.8. The largest absolute Gasteiger partial charge is 0.373 e. The van der Waals surface area contributed by atoms with Crippen molar-refractivity contribution in [1.82, 2.24) is 24.3 Å². The summed E-state index contributed by atoms with van der Waals surface area (Å²) in [6.45, 7) is 0. The van der Waals surface area contributed by atoms with Gasteiger partial charge in [-0.25, -0.2) is 9.67 Å². The number of aromatic nitrogens is 5. The monoisotopic (exact) mass is 494 g/mol. The van der Waals surface area contributed by atoms with E-state index in [0.29, 0.717) is 0 Å². The van der Waals surface area contributed by atoms with Crippen molar-refractivity contribution in [1.29, 1.82) is 0 Å². The van der Waals surface area contributed by atoms with E-state index in [9.17, 15) is 0 Å². The molecule has 0 amide bonds. The fraction of sp³-hybridized carbons (Fsp3) is 0.0556. The average Bonchev–Trinajstić information content (AvgIpc) is 3.29. The summed E-state index contributed by atoms with van der Waals surface area (Å²) in [5.41, 5.74) is 1.94. The molecular weight excluding hydrogens is 478 g/mol. The Kier molecular flexibility index (Phi) is 6.61. The first-order valence-corrected chi connectivity index (χ1v) is 7.11. The van der Waals surface area contributed by atoms with E-state index in [4.69, 9.17) is 0 Å². The van der Waals surface area contributed by atoms with Gasteiger partial charge in [-0.15, -0.1) is 42.0 Å². The summed E-state index contributed by atoms with van der Waals surface area (Å²) in [5, 5.41) is 3.96. The van der Waals surface area contributed by atoms with Crippen molar-refractivity contribution in [3.05, 3.63) is 85.7 Å². The fourth-order valence-electron chi connectivity index (χ4n) is 2.02. The zero-order valence-corrected chi connectivity index (χ0v) is 15.4. The van der Waals surface area contributed by atoms with Crippen LogP contribution in [0.25, 0.3) is 17.1 Å². The Hall–Kier alpha value is -2.56. The molecule has 0 bridgehead atoms. The van der Waals surface area contributed by atoms with Crippen LogP contribution in [-0.2, 0) is 27.2 Å². The average molecular weight is 494 g/mol. The van der Waals surface area contributed by atoms with Crippen molar-refractivity contribution < 1.29 is 20.1 Å². The Morgan fingerprint density at radius 3 is 2.33 bits per heavy atom. The van der Waals surface area contributed by atoms with Gasteiger partial charge in [0.2, 0.25) is 0 Å². The molecule has 0 N–H and O–H groups in total. The Bertz CT molecular complexity index is 826. The van der Waals surface area contributed by atoms with Crippen molar-refractivity contribution in [2.45, 2.75) is 0 Å². The predicted molar refractivity (Wildman–Crippen MR) is 87.7 cm³/mol. The maximum absolute atomic E-state index is 4.22. The van der Waals surface area contributed by atoms with Crippen LogP contribution in [0.5, 0.6) is 0 Å². The van der Waals surface area contributed by atoms with Crippen LogP contribution in [0.4, 0.5) is 0 Å². The molecule has 0 fully saturated rings. The second-order valence-corrected chi connectivity index (χ2v) is 4.73. The normalized spacial score (nSPS) is 9.54. The van der Waals surface area contributed by atoms with Gasteiger partial charge < -0.3 is 4.57 Å². The Labute approximate surface area is 154 Å². The van der Waals surface area contributed by atoms with E-state index in [1.165, 1.54) is 6.33 Å². The summed E-state index contributed by atoms with van der Waals surface area (Å²) < 4.78 is 3.64. The first-order valence-electron chi connectivity index (χ1n) is 7.11.